The third-order valence-corrected chi connectivity index (χ3v) is 8.61. The van der Waals surface area contributed by atoms with Crippen molar-refractivity contribution in [1.82, 2.24) is 0 Å². The van der Waals surface area contributed by atoms with Crippen molar-refractivity contribution in [2.24, 2.45) is 0 Å². The first-order valence-electron chi connectivity index (χ1n) is 13.7. The van der Waals surface area contributed by atoms with Gasteiger partial charge in [0.25, 0.3) is 0 Å². The fourth-order valence-electron chi connectivity index (χ4n) is 5.44. The van der Waals surface area contributed by atoms with E-state index in [0.29, 0.717) is 0 Å². The standard InChI is InChI=1S/C32H32BrIO5/c1-20-27-19-25(37-29-6-2-4-14-35-29)12-13-28(27)39-32(21-8-10-24(34)11-9-21)31(20)22-16-23(33)18-26(17-22)38-30-7-3-5-15-36-30/h8-13,16-19,29-30,32H,2-7,14-15H2,1H3. The zero-order valence-corrected chi connectivity index (χ0v) is 25.7. The fraction of sp³-hybridized carbons (Fsp3) is 0.375. The van der Waals surface area contributed by atoms with E-state index in [1.807, 2.05) is 18.2 Å². The Labute approximate surface area is 252 Å². The average molecular weight is 703 g/mol. The van der Waals surface area contributed by atoms with Crippen molar-refractivity contribution >= 4 is 49.7 Å². The van der Waals surface area contributed by atoms with Crippen LogP contribution in [0.1, 0.15) is 68.2 Å². The zero-order valence-electron chi connectivity index (χ0n) is 22.0. The summed E-state index contributed by atoms with van der Waals surface area (Å²) in [6.07, 6.45) is 5.55. The number of fused-ring (bicyclic) bond motifs is 1. The lowest BCUT2D eigenvalue weighted by Gasteiger charge is -2.32. The van der Waals surface area contributed by atoms with Crippen LogP contribution in [0.4, 0.5) is 0 Å². The highest BCUT2D eigenvalue weighted by Gasteiger charge is 2.31. The van der Waals surface area contributed by atoms with Crippen molar-refractivity contribution in [3.63, 3.8) is 0 Å². The molecule has 0 aliphatic carbocycles. The molecule has 5 nitrogen and oxygen atoms in total. The number of hydrogen-bond acceptors (Lipinski definition) is 5. The smallest absolute Gasteiger partial charge is 0.199 e. The third kappa shape index (κ3) is 6.32. The van der Waals surface area contributed by atoms with Crippen LogP contribution in [0.5, 0.6) is 17.2 Å². The molecular weight excluding hydrogens is 671 g/mol. The molecule has 0 radical (unpaired) electrons. The van der Waals surface area contributed by atoms with Crippen LogP contribution in [-0.4, -0.2) is 25.8 Å². The van der Waals surface area contributed by atoms with E-state index in [4.69, 9.17) is 23.7 Å². The maximum Gasteiger partial charge on any atom is 0.199 e. The summed E-state index contributed by atoms with van der Waals surface area (Å²) in [7, 11) is 0. The van der Waals surface area contributed by atoms with Crippen molar-refractivity contribution in [1.29, 1.82) is 0 Å². The second-order valence-electron chi connectivity index (χ2n) is 10.2. The molecule has 3 heterocycles. The Bertz CT molecular complexity index is 1340. The highest BCUT2D eigenvalue weighted by Crippen LogP contribution is 2.48. The fourth-order valence-corrected chi connectivity index (χ4v) is 6.28. The molecule has 204 valence electrons. The second-order valence-corrected chi connectivity index (χ2v) is 12.4. The van der Waals surface area contributed by atoms with E-state index in [-0.39, 0.29) is 18.7 Å². The number of benzene rings is 3. The summed E-state index contributed by atoms with van der Waals surface area (Å²) in [6.45, 7) is 3.66. The monoisotopic (exact) mass is 702 g/mol. The quantitative estimate of drug-likeness (QED) is 0.240. The van der Waals surface area contributed by atoms with Gasteiger partial charge in [0.1, 0.15) is 23.4 Å². The predicted octanol–water partition coefficient (Wildman–Crippen LogP) is 8.93. The molecule has 39 heavy (non-hydrogen) atoms. The van der Waals surface area contributed by atoms with Gasteiger partial charge in [-0.2, -0.15) is 0 Å². The van der Waals surface area contributed by atoms with Crippen LogP contribution in [-0.2, 0) is 9.47 Å². The van der Waals surface area contributed by atoms with Gasteiger partial charge in [-0.05, 0) is 120 Å². The summed E-state index contributed by atoms with van der Waals surface area (Å²) in [5, 5.41) is 0. The van der Waals surface area contributed by atoms with E-state index < -0.39 is 0 Å². The largest absolute Gasteiger partial charge is 0.480 e. The van der Waals surface area contributed by atoms with Gasteiger partial charge in [-0.3, -0.25) is 0 Å². The van der Waals surface area contributed by atoms with Crippen LogP contribution in [0.2, 0.25) is 0 Å². The molecule has 0 bridgehead atoms. The summed E-state index contributed by atoms with van der Waals surface area (Å²) in [5.41, 5.74) is 5.42. The van der Waals surface area contributed by atoms with Crippen molar-refractivity contribution in [3.05, 3.63) is 85.4 Å². The minimum atomic E-state index is -0.268. The first-order valence-corrected chi connectivity index (χ1v) is 15.6. The van der Waals surface area contributed by atoms with E-state index in [1.165, 1.54) is 3.57 Å². The Morgan fingerprint density at radius 2 is 1.49 bits per heavy atom. The van der Waals surface area contributed by atoms with Gasteiger partial charge in [-0.15, -0.1) is 0 Å². The lowest BCUT2D eigenvalue weighted by atomic mass is 9.86. The summed E-state index contributed by atoms with van der Waals surface area (Å²) < 4.78 is 33.0. The number of hydrogen-bond donors (Lipinski definition) is 0. The molecule has 0 spiro atoms. The van der Waals surface area contributed by atoms with Gasteiger partial charge in [0, 0.05) is 32.0 Å². The Kier molecular flexibility index (Phi) is 8.49. The van der Waals surface area contributed by atoms with Crippen LogP contribution >= 0.6 is 38.5 Å². The van der Waals surface area contributed by atoms with Gasteiger partial charge in [0.15, 0.2) is 12.6 Å². The zero-order chi connectivity index (χ0) is 26.8. The molecule has 0 saturated carbocycles. The molecular formula is C32H32BrIO5. The molecule has 3 atom stereocenters. The Morgan fingerprint density at radius 3 is 2.15 bits per heavy atom. The van der Waals surface area contributed by atoms with Crippen LogP contribution in [0.25, 0.3) is 11.1 Å². The van der Waals surface area contributed by atoms with Crippen LogP contribution in [0.3, 0.4) is 0 Å². The second kappa shape index (κ2) is 12.2. The van der Waals surface area contributed by atoms with E-state index in [9.17, 15) is 0 Å². The van der Waals surface area contributed by atoms with Crippen LogP contribution in [0, 0.1) is 3.57 Å². The number of halogens is 2. The SMILES string of the molecule is CC1=C(c2cc(Br)cc(OC3CCCCO3)c2)C(c2ccc(I)cc2)Oc2ccc(OC3CCCCO3)cc21. The van der Waals surface area contributed by atoms with E-state index in [0.717, 1.165) is 101 Å². The average Bonchev–Trinajstić information content (AvgIpc) is 2.94. The summed E-state index contributed by atoms with van der Waals surface area (Å²) in [4.78, 5) is 0. The number of rotatable bonds is 6. The van der Waals surface area contributed by atoms with Crippen LogP contribution < -0.4 is 14.2 Å². The molecule has 0 N–H and O–H groups in total. The molecule has 0 amide bonds. The molecule has 3 aliphatic rings. The van der Waals surface area contributed by atoms with E-state index in [1.54, 1.807) is 0 Å². The molecule has 7 heteroatoms. The van der Waals surface area contributed by atoms with Gasteiger partial charge in [-0.1, -0.05) is 28.1 Å². The molecule has 3 aromatic carbocycles. The number of allylic oxidation sites excluding steroid dienone is 1. The minimum absolute atomic E-state index is 0.198. The summed E-state index contributed by atoms with van der Waals surface area (Å²) >= 11 is 6.07. The molecule has 2 saturated heterocycles. The Morgan fingerprint density at radius 1 is 0.795 bits per heavy atom. The van der Waals surface area contributed by atoms with Crippen molar-refractivity contribution < 1.29 is 23.7 Å². The highest BCUT2D eigenvalue weighted by atomic mass is 127. The van der Waals surface area contributed by atoms with Crippen molar-refractivity contribution in [3.8, 4) is 17.2 Å². The normalized spacial score (nSPS) is 23.1. The Hall–Kier alpha value is -2.07. The Balaban J connectivity index is 1.40. The maximum atomic E-state index is 6.74. The molecule has 0 aromatic heterocycles. The predicted molar refractivity (Wildman–Crippen MR) is 164 cm³/mol. The lowest BCUT2D eigenvalue weighted by molar-refractivity contribution is -0.106. The maximum absolute atomic E-state index is 6.74. The highest BCUT2D eigenvalue weighted by molar-refractivity contribution is 14.1. The van der Waals surface area contributed by atoms with Gasteiger partial charge in [0.2, 0.25) is 0 Å². The van der Waals surface area contributed by atoms with Crippen molar-refractivity contribution in [2.75, 3.05) is 13.2 Å². The number of ether oxygens (including phenoxy) is 5. The summed E-state index contributed by atoms with van der Waals surface area (Å²) in [5.74, 6) is 2.42. The lowest BCUT2D eigenvalue weighted by Crippen LogP contribution is -2.25. The molecule has 3 unspecified atom stereocenters. The van der Waals surface area contributed by atoms with Gasteiger partial charge in [0.05, 0.1) is 13.2 Å². The molecule has 6 rings (SSSR count). The minimum Gasteiger partial charge on any atom is -0.480 e. The first-order chi connectivity index (χ1) is 19.0. The van der Waals surface area contributed by atoms with Crippen LogP contribution in [0.15, 0.2) is 65.1 Å². The first kappa shape index (κ1) is 27.1. The van der Waals surface area contributed by atoms with Gasteiger partial charge < -0.3 is 23.7 Å². The summed E-state index contributed by atoms with van der Waals surface area (Å²) in [6, 6.07) is 20.9. The molecule has 3 aromatic rings. The van der Waals surface area contributed by atoms with E-state index >= 15 is 0 Å². The topological polar surface area (TPSA) is 46.2 Å². The van der Waals surface area contributed by atoms with Gasteiger partial charge >= 0.3 is 0 Å². The van der Waals surface area contributed by atoms with Gasteiger partial charge in [-0.25, -0.2) is 0 Å². The molecule has 3 aliphatic heterocycles. The van der Waals surface area contributed by atoms with Crippen molar-refractivity contribution in [2.45, 2.75) is 64.1 Å². The van der Waals surface area contributed by atoms with E-state index in [2.05, 4.69) is 87.9 Å². The molecule has 2 fully saturated rings. The third-order valence-electron chi connectivity index (χ3n) is 7.43.